The maximum atomic E-state index is 12.6. The number of amides is 3. The molecule has 2 unspecified atom stereocenters. The maximum absolute atomic E-state index is 12.6. The summed E-state index contributed by atoms with van der Waals surface area (Å²) in [6.07, 6.45) is 0.781. The molecule has 8 N–H and O–H groups in total. The first kappa shape index (κ1) is 37.8. The Bertz CT molecular complexity index is 988. The van der Waals surface area contributed by atoms with Gasteiger partial charge in [0.05, 0.1) is 25.7 Å². The quantitative estimate of drug-likeness (QED) is 0.129. The lowest BCUT2D eigenvalue weighted by Crippen LogP contribution is -2.51. The number of anilines is 1. The average Bonchev–Trinajstić information content (AvgIpc) is 2.87. The minimum absolute atomic E-state index is 0.0256. The van der Waals surface area contributed by atoms with Crippen molar-refractivity contribution in [3.8, 4) is 0 Å². The van der Waals surface area contributed by atoms with E-state index in [9.17, 15) is 19.2 Å². The van der Waals surface area contributed by atoms with Gasteiger partial charge in [-0.3, -0.25) is 19.2 Å². The first-order valence-electron chi connectivity index (χ1n) is 13.4. The number of thiocarbonyl (C=S) groups is 1. The predicted molar refractivity (Wildman–Crippen MR) is 164 cm³/mol. The molecule has 2 radical (unpaired) electrons. The Hall–Kier alpha value is -3.23. The van der Waals surface area contributed by atoms with E-state index in [1.807, 2.05) is 13.8 Å². The topological polar surface area (TPSA) is 187 Å². The fourth-order valence-electron chi connectivity index (χ4n) is 3.01. The SMILES string of the molecule is CCCNC(N)=S.[B]C(=O)OCc1ccc(NC(=O)CNC(=O)C(NC(=O)CC(C)OCC(C)(C)N)C(C)C)cc1. The van der Waals surface area contributed by atoms with Gasteiger partial charge in [0.15, 0.2) is 5.11 Å². The number of nitrogens with two attached hydrogens (primary N) is 2. The standard InChI is InChI=1S/C23H35BN4O6.C4H10N2S/c1-14(2)20(28-18(29)10-15(3)34-13-23(4,5)25)21(31)26-11-19(30)27-17-8-6-16(7-9-17)12-33-22(24)32;1-2-3-6-4(5)7/h6-9,14-15,20H,10-13,25H2,1-5H3,(H,26,31)(H,27,30)(H,28,29);2-3H2,1H3,(H3,5,6,7). The van der Waals surface area contributed by atoms with Gasteiger partial charge in [0.2, 0.25) is 31.4 Å². The van der Waals surface area contributed by atoms with Crippen molar-refractivity contribution in [3.63, 3.8) is 0 Å². The summed E-state index contributed by atoms with van der Waals surface area (Å²) in [7, 11) is 4.92. The van der Waals surface area contributed by atoms with Gasteiger partial charge in [0.25, 0.3) is 0 Å². The zero-order valence-electron chi connectivity index (χ0n) is 24.9. The van der Waals surface area contributed by atoms with Crippen LogP contribution in [0, 0.1) is 5.92 Å². The number of nitrogens with one attached hydrogen (secondary N) is 4. The summed E-state index contributed by atoms with van der Waals surface area (Å²) in [5.74, 6) is -2.30. The molecule has 0 aromatic heterocycles. The summed E-state index contributed by atoms with van der Waals surface area (Å²) in [4.78, 5) is 47.8. The lowest BCUT2D eigenvalue weighted by molar-refractivity contribution is -0.132. The highest BCUT2D eigenvalue weighted by Crippen LogP contribution is 2.11. The van der Waals surface area contributed by atoms with Crippen LogP contribution in [0.3, 0.4) is 0 Å². The lowest BCUT2D eigenvalue weighted by atomic mass is 10.0. The summed E-state index contributed by atoms with van der Waals surface area (Å²) in [6.45, 7) is 12.0. The molecule has 0 bridgehead atoms. The van der Waals surface area contributed by atoms with E-state index >= 15 is 0 Å². The van der Waals surface area contributed by atoms with Crippen molar-refractivity contribution in [2.24, 2.45) is 17.4 Å². The summed E-state index contributed by atoms with van der Waals surface area (Å²) < 4.78 is 10.3. The molecule has 1 aromatic rings. The van der Waals surface area contributed by atoms with Crippen LogP contribution in [0.5, 0.6) is 0 Å². The Morgan fingerprint density at radius 2 is 1.66 bits per heavy atom. The van der Waals surface area contributed by atoms with Crippen molar-refractivity contribution in [2.45, 2.75) is 78.7 Å². The number of hydrogen-bond donors (Lipinski definition) is 6. The Labute approximate surface area is 249 Å². The second-order valence-corrected chi connectivity index (χ2v) is 10.9. The van der Waals surface area contributed by atoms with Gasteiger partial charge in [-0.15, -0.1) is 0 Å². The van der Waals surface area contributed by atoms with Crippen LogP contribution in [-0.2, 0) is 30.5 Å². The number of ether oxygens (including phenoxy) is 2. The molecule has 1 aromatic carbocycles. The monoisotopic (exact) mass is 592 g/mol. The second-order valence-electron chi connectivity index (χ2n) is 10.5. The van der Waals surface area contributed by atoms with E-state index in [0.29, 0.717) is 23.0 Å². The smallest absolute Gasteiger partial charge is 0.243 e. The molecule has 41 heavy (non-hydrogen) atoms. The number of carbonyl (C=O) groups is 4. The molecule has 0 fully saturated rings. The molecule has 0 spiro atoms. The van der Waals surface area contributed by atoms with Crippen molar-refractivity contribution < 1.29 is 28.7 Å². The van der Waals surface area contributed by atoms with Crippen LogP contribution in [0.15, 0.2) is 24.3 Å². The molecule has 0 heterocycles. The molecular formula is C27H45BN6O6S. The zero-order chi connectivity index (χ0) is 31.6. The molecule has 0 saturated carbocycles. The van der Waals surface area contributed by atoms with E-state index in [1.165, 1.54) is 0 Å². The minimum Gasteiger partial charge on any atom is -0.470 e. The van der Waals surface area contributed by atoms with Crippen LogP contribution in [0.2, 0.25) is 0 Å². The number of rotatable bonds is 15. The molecule has 0 aliphatic carbocycles. The molecular weight excluding hydrogens is 547 g/mol. The Balaban J connectivity index is 0.00000201. The third-order valence-corrected chi connectivity index (χ3v) is 5.21. The van der Waals surface area contributed by atoms with Crippen LogP contribution >= 0.6 is 12.2 Å². The molecule has 14 heteroatoms. The van der Waals surface area contributed by atoms with Gasteiger partial charge in [0.1, 0.15) is 12.6 Å². The van der Waals surface area contributed by atoms with Crippen LogP contribution in [0.1, 0.15) is 59.9 Å². The molecule has 3 amide bonds. The first-order valence-corrected chi connectivity index (χ1v) is 13.8. The summed E-state index contributed by atoms with van der Waals surface area (Å²) >= 11 is 4.53. The molecule has 12 nitrogen and oxygen atoms in total. The van der Waals surface area contributed by atoms with Gasteiger partial charge in [0, 0.05) is 17.8 Å². The van der Waals surface area contributed by atoms with Crippen molar-refractivity contribution >= 4 is 54.5 Å². The van der Waals surface area contributed by atoms with E-state index < -0.39 is 29.3 Å². The first-order chi connectivity index (χ1) is 19.0. The highest BCUT2D eigenvalue weighted by molar-refractivity contribution is 7.80. The molecule has 2 atom stereocenters. The van der Waals surface area contributed by atoms with Gasteiger partial charge in [-0.25, -0.2) is 0 Å². The van der Waals surface area contributed by atoms with Gasteiger partial charge >= 0.3 is 0 Å². The summed E-state index contributed by atoms with van der Waals surface area (Å²) in [5.41, 5.74) is 11.7. The van der Waals surface area contributed by atoms with Crippen molar-refractivity contribution in [1.82, 2.24) is 16.0 Å². The van der Waals surface area contributed by atoms with E-state index in [0.717, 1.165) is 13.0 Å². The fourth-order valence-corrected chi connectivity index (χ4v) is 3.12. The maximum Gasteiger partial charge on any atom is 0.243 e. The van der Waals surface area contributed by atoms with E-state index in [2.05, 4.69) is 40.4 Å². The Kier molecular flexibility index (Phi) is 18.2. The van der Waals surface area contributed by atoms with Crippen LogP contribution < -0.4 is 32.7 Å². The molecule has 0 saturated heterocycles. The van der Waals surface area contributed by atoms with Crippen LogP contribution in [-0.4, -0.2) is 73.9 Å². The number of benzene rings is 1. The highest BCUT2D eigenvalue weighted by Gasteiger charge is 2.25. The largest absolute Gasteiger partial charge is 0.470 e. The van der Waals surface area contributed by atoms with Crippen LogP contribution in [0.4, 0.5) is 10.5 Å². The van der Waals surface area contributed by atoms with Crippen molar-refractivity contribution in [3.05, 3.63) is 29.8 Å². The molecule has 1 rings (SSSR count). The van der Waals surface area contributed by atoms with Gasteiger partial charge in [-0.2, -0.15) is 0 Å². The molecule has 228 valence electrons. The molecule has 0 aliphatic rings. The zero-order valence-corrected chi connectivity index (χ0v) is 25.7. The predicted octanol–water partition coefficient (Wildman–Crippen LogP) is 1.45. The van der Waals surface area contributed by atoms with E-state index in [4.69, 9.17) is 28.8 Å². The number of hydrogen-bond acceptors (Lipinski definition) is 8. The highest BCUT2D eigenvalue weighted by atomic mass is 32.1. The van der Waals surface area contributed by atoms with Crippen molar-refractivity contribution in [2.75, 3.05) is 25.0 Å². The number of carbonyl (C=O) groups excluding carboxylic acids is 4. The van der Waals surface area contributed by atoms with E-state index in [-0.39, 0.29) is 37.5 Å². The van der Waals surface area contributed by atoms with Gasteiger partial charge < -0.3 is 42.2 Å². The Morgan fingerprint density at radius 1 is 1.05 bits per heavy atom. The molecule has 0 aliphatic heterocycles. The van der Waals surface area contributed by atoms with E-state index in [1.54, 1.807) is 45.0 Å². The third kappa shape index (κ3) is 20.3. The van der Waals surface area contributed by atoms with Gasteiger partial charge in [-0.1, -0.05) is 32.9 Å². The second kappa shape index (κ2) is 19.8. The summed E-state index contributed by atoms with van der Waals surface area (Å²) in [5, 5.41) is 11.1. The average molecular weight is 593 g/mol. The van der Waals surface area contributed by atoms with Gasteiger partial charge in [-0.05, 0) is 63.0 Å². The Morgan fingerprint density at radius 3 is 2.12 bits per heavy atom. The lowest BCUT2D eigenvalue weighted by Gasteiger charge is -2.24. The normalized spacial score (nSPS) is 12.2. The van der Waals surface area contributed by atoms with Crippen LogP contribution in [0.25, 0.3) is 0 Å². The summed E-state index contributed by atoms with van der Waals surface area (Å²) in [6, 6.07) is 5.79. The third-order valence-electron chi connectivity index (χ3n) is 5.07. The van der Waals surface area contributed by atoms with Crippen molar-refractivity contribution in [1.29, 1.82) is 0 Å². The fraction of sp³-hybridized carbons (Fsp3) is 0.593. The minimum atomic E-state index is -0.873.